The van der Waals surface area contributed by atoms with Crippen molar-refractivity contribution >= 4 is 11.4 Å². The van der Waals surface area contributed by atoms with Gasteiger partial charge in [-0.1, -0.05) is 0 Å². The van der Waals surface area contributed by atoms with Crippen LogP contribution < -0.4 is 15.4 Å². The highest BCUT2D eigenvalue weighted by Crippen LogP contribution is 2.33. The molecule has 3 N–H and O–H groups in total. The zero-order chi connectivity index (χ0) is 14.5. The third kappa shape index (κ3) is 3.79. The van der Waals surface area contributed by atoms with Crippen LogP contribution in [0.4, 0.5) is 11.4 Å². The Bertz CT molecular complexity index is 430. The molecule has 4 heteroatoms. The van der Waals surface area contributed by atoms with E-state index in [0.717, 1.165) is 30.1 Å². The molecule has 0 unspecified atom stereocenters. The lowest BCUT2D eigenvalue weighted by Crippen LogP contribution is -2.41. The van der Waals surface area contributed by atoms with Crippen molar-refractivity contribution in [3.8, 4) is 5.75 Å². The molecule has 0 saturated heterocycles. The van der Waals surface area contributed by atoms with Crippen LogP contribution >= 0.6 is 0 Å². The van der Waals surface area contributed by atoms with E-state index in [9.17, 15) is 0 Å². The maximum atomic E-state index is 9.09. The summed E-state index contributed by atoms with van der Waals surface area (Å²) in [5, 5.41) is 9.09. The fourth-order valence-electron chi connectivity index (χ4n) is 2.57. The minimum Gasteiger partial charge on any atom is -0.491 e. The van der Waals surface area contributed by atoms with Gasteiger partial charge in [0.1, 0.15) is 5.75 Å². The highest BCUT2D eigenvalue weighted by atomic mass is 16.5. The van der Waals surface area contributed by atoms with E-state index >= 15 is 0 Å². The topological polar surface area (TPSA) is 58.7 Å². The van der Waals surface area contributed by atoms with Gasteiger partial charge in [0.2, 0.25) is 0 Å². The Morgan fingerprint density at radius 3 is 2.65 bits per heavy atom. The number of hydrogen-bond acceptors (Lipinski definition) is 4. The molecule has 1 aliphatic rings. The molecular formula is C16H26N2O2. The van der Waals surface area contributed by atoms with Gasteiger partial charge in [0.25, 0.3) is 0 Å². The van der Waals surface area contributed by atoms with Gasteiger partial charge >= 0.3 is 0 Å². The van der Waals surface area contributed by atoms with Gasteiger partial charge in [-0.3, -0.25) is 0 Å². The van der Waals surface area contributed by atoms with Crippen molar-refractivity contribution in [3.05, 3.63) is 18.2 Å². The monoisotopic (exact) mass is 278 g/mol. The number of rotatable bonds is 7. The molecule has 1 fully saturated rings. The third-order valence-electron chi connectivity index (χ3n) is 3.69. The van der Waals surface area contributed by atoms with Crippen LogP contribution in [0.3, 0.4) is 0 Å². The van der Waals surface area contributed by atoms with Gasteiger partial charge in [0, 0.05) is 42.7 Å². The number of aliphatic hydroxyl groups is 1. The standard InChI is InChI=1S/C16H26N2O2/c1-12(2)20-16-10-13(17)9-15(11-16)18(7-4-8-19)14-5-3-6-14/h9-12,14,19H,3-8,17H2,1-2H3. The molecule has 0 bridgehead atoms. The molecule has 112 valence electrons. The molecule has 0 spiro atoms. The summed E-state index contributed by atoms with van der Waals surface area (Å²) < 4.78 is 5.77. The van der Waals surface area contributed by atoms with Crippen molar-refractivity contribution in [3.63, 3.8) is 0 Å². The first-order chi connectivity index (χ1) is 9.60. The van der Waals surface area contributed by atoms with E-state index in [-0.39, 0.29) is 12.7 Å². The number of benzene rings is 1. The zero-order valence-electron chi connectivity index (χ0n) is 12.5. The Morgan fingerprint density at radius 1 is 1.35 bits per heavy atom. The Kier molecular flexibility index (Phi) is 5.12. The van der Waals surface area contributed by atoms with Crippen molar-refractivity contribution in [2.75, 3.05) is 23.8 Å². The molecule has 0 aromatic heterocycles. The summed E-state index contributed by atoms with van der Waals surface area (Å²) in [6.45, 7) is 5.11. The summed E-state index contributed by atoms with van der Waals surface area (Å²) in [6.07, 6.45) is 4.66. The Balaban J connectivity index is 2.19. The molecule has 0 heterocycles. The maximum absolute atomic E-state index is 9.09. The second kappa shape index (κ2) is 6.84. The van der Waals surface area contributed by atoms with Gasteiger partial charge < -0.3 is 20.5 Å². The van der Waals surface area contributed by atoms with Crippen LogP contribution in [0.2, 0.25) is 0 Å². The summed E-state index contributed by atoms with van der Waals surface area (Å²) in [5.41, 5.74) is 7.84. The third-order valence-corrected chi connectivity index (χ3v) is 3.69. The maximum Gasteiger partial charge on any atom is 0.123 e. The molecular weight excluding hydrogens is 252 g/mol. The van der Waals surface area contributed by atoms with Crippen LogP contribution in [-0.4, -0.2) is 30.4 Å². The molecule has 1 aliphatic carbocycles. The molecule has 0 amide bonds. The van der Waals surface area contributed by atoms with Crippen LogP contribution in [0.5, 0.6) is 5.75 Å². The Morgan fingerprint density at radius 2 is 2.10 bits per heavy atom. The Hall–Kier alpha value is -1.42. The van der Waals surface area contributed by atoms with E-state index in [2.05, 4.69) is 11.0 Å². The largest absolute Gasteiger partial charge is 0.491 e. The lowest BCUT2D eigenvalue weighted by Gasteiger charge is -2.39. The lowest BCUT2D eigenvalue weighted by molar-refractivity contribution is 0.242. The Labute approximate surface area is 121 Å². The average Bonchev–Trinajstić information content (AvgIpc) is 2.30. The molecule has 0 aliphatic heterocycles. The van der Waals surface area contributed by atoms with E-state index in [4.69, 9.17) is 15.6 Å². The van der Waals surface area contributed by atoms with Gasteiger partial charge in [-0.25, -0.2) is 0 Å². The number of ether oxygens (including phenoxy) is 1. The van der Waals surface area contributed by atoms with Crippen LogP contribution in [0.25, 0.3) is 0 Å². The molecule has 0 atom stereocenters. The van der Waals surface area contributed by atoms with Crippen LogP contribution in [0.15, 0.2) is 18.2 Å². The predicted octanol–water partition coefficient (Wildman–Crippen LogP) is 2.80. The van der Waals surface area contributed by atoms with Crippen molar-refractivity contribution in [1.82, 2.24) is 0 Å². The van der Waals surface area contributed by atoms with Crippen molar-refractivity contribution in [2.45, 2.75) is 51.7 Å². The minimum atomic E-state index is 0.138. The summed E-state index contributed by atoms with van der Waals surface area (Å²) in [5.74, 6) is 0.823. The summed E-state index contributed by atoms with van der Waals surface area (Å²) >= 11 is 0. The lowest BCUT2D eigenvalue weighted by atomic mass is 9.91. The average molecular weight is 278 g/mol. The van der Waals surface area contributed by atoms with Crippen molar-refractivity contribution < 1.29 is 9.84 Å². The fourth-order valence-corrected chi connectivity index (χ4v) is 2.57. The van der Waals surface area contributed by atoms with Crippen molar-refractivity contribution in [1.29, 1.82) is 0 Å². The number of nitrogens with zero attached hydrogens (tertiary/aromatic N) is 1. The molecule has 1 saturated carbocycles. The number of nitrogens with two attached hydrogens (primary N) is 1. The quantitative estimate of drug-likeness (QED) is 0.753. The second-order valence-electron chi connectivity index (χ2n) is 5.78. The molecule has 0 radical (unpaired) electrons. The SMILES string of the molecule is CC(C)Oc1cc(N)cc(N(CCCO)C2CCC2)c1. The highest BCUT2D eigenvalue weighted by molar-refractivity contribution is 5.61. The van der Waals surface area contributed by atoms with Gasteiger partial charge in [0.05, 0.1) is 6.10 Å². The highest BCUT2D eigenvalue weighted by Gasteiger charge is 2.25. The first kappa shape index (κ1) is 15.0. The van der Waals surface area contributed by atoms with E-state index < -0.39 is 0 Å². The van der Waals surface area contributed by atoms with Gasteiger partial charge in [-0.2, -0.15) is 0 Å². The van der Waals surface area contributed by atoms with Gasteiger partial charge in [-0.15, -0.1) is 0 Å². The van der Waals surface area contributed by atoms with E-state index in [1.54, 1.807) is 0 Å². The first-order valence-corrected chi connectivity index (χ1v) is 7.55. The number of aliphatic hydroxyl groups excluding tert-OH is 1. The number of anilines is 2. The normalized spacial score (nSPS) is 15.2. The molecule has 1 aromatic rings. The summed E-state index contributed by atoms with van der Waals surface area (Å²) in [4.78, 5) is 2.36. The molecule has 4 nitrogen and oxygen atoms in total. The zero-order valence-corrected chi connectivity index (χ0v) is 12.5. The van der Waals surface area contributed by atoms with Crippen LogP contribution in [-0.2, 0) is 0 Å². The van der Waals surface area contributed by atoms with Crippen molar-refractivity contribution in [2.24, 2.45) is 0 Å². The number of hydrogen-bond donors (Lipinski definition) is 2. The van der Waals surface area contributed by atoms with Crippen LogP contribution in [0, 0.1) is 0 Å². The minimum absolute atomic E-state index is 0.138. The van der Waals surface area contributed by atoms with E-state index in [1.807, 2.05) is 26.0 Å². The van der Waals surface area contributed by atoms with Gasteiger partial charge in [-0.05, 0) is 45.6 Å². The van der Waals surface area contributed by atoms with E-state index in [0.29, 0.717) is 6.04 Å². The summed E-state index contributed by atoms with van der Waals surface area (Å²) in [6, 6.07) is 6.51. The molecule has 1 aromatic carbocycles. The first-order valence-electron chi connectivity index (χ1n) is 7.55. The van der Waals surface area contributed by atoms with E-state index in [1.165, 1.54) is 19.3 Å². The second-order valence-corrected chi connectivity index (χ2v) is 5.78. The van der Waals surface area contributed by atoms with Crippen LogP contribution in [0.1, 0.15) is 39.5 Å². The summed E-state index contributed by atoms with van der Waals surface area (Å²) in [7, 11) is 0. The fraction of sp³-hybridized carbons (Fsp3) is 0.625. The predicted molar refractivity (Wildman–Crippen MR) is 83.3 cm³/mol. The molecule has 2 rings (SSSR count). The number of nitrogen functional groups attached to an aromatic ring is 1. The molecule has 20 heavy (non-hydrogen) atoms. The smallest absolute Gasteiger partial charge is 0.123 e. The van der Waals surface area contributed by atoms with Gasteiger partial charge in [0.15, 0.2) is 0 Å².